The Morgan fingerprint density at radius 2 is 1.24 bits per heavy atom. The van der Waals surface area contributed by atoms with E-state index in [2.05, 4.69) is 20.8 Å². The van der Waals surface area contributed by atoms with Crippen molar-refractivity contribution in [2.24, 2.45) is 0 Å². The van der Waals surface area contributed by atoms with Crippen molar-refractivity contribution in [1.29, 1.82) is 0 Å². The molecule has 0 heterocycles. The molecule has 0 radical (unpaired) electrons. The van der Waals surface area contributed by atoms with E-state index >= 15 is 0 Å². The van der Waals surface area contributed by atoms with E-state index in [9.17, 15) is 4.57 Å². The third kappa shape index (κ3) is 10.4. The van der Waals surface area contributed by atoms with Crippen molar-refractivity contribution < 1.29 is 18.1 Å². The van der Waals surface area contributed by atoms with Crippen LogP contribution in [0.2, 0.25) is 0 Å². The van der Waals surface area contributed by atoms with Gasteiger partial charge in [-0.05, 0) is 26.2 Å². The first-order valence-corrected chi connectivity index (χ1v) is 9.81. The standard InChI is InChI=1S/C16H36NO3P/c1-5-9-12-17(13-10-6-2,14-11-7-3)15-16-20-21(18)19-8-4/h5-16H2,1-4H3/q+2. The summed E-state index contributed by atoms with van der Waals surface area (Å²) in [5, 5.41) is 0. The van der Waals surface area contributed by atoms with Gasteiger partial charge in [-0.15, -0.1) is 9.05 Å². The summed E-state index contributed by atoms with van der Waals surface area (Å²) < 4.78 is 22.9. The summed E-state index contributed by atoms with van der Waals surface area (Å²) in [6, 6.07) is 0. The topological polar surface area (TPSA) is 35.5 Å². The largest absolute Gasteiger partial charge is 0.697 e. The fraction of sp³-hybridized carbons (Fsp3) is 1.00. The summed E-state index contributed by atoms with van der Waals surface area (Å²) in [5.74, 6) is 0. The second-order valence-corrected chi connectivity index (χ2v) is 6.73. The summed E-state index contributed by atoms with van der Waals surface area (Å²) in [5.41, 5.74) is 0. The number of hydrogen-bond acceptors (Lipinski definition) is 3. The Bertz CT molecular complexity index is 240. The van der Waals surface area contributed by atoms with Gasteiger partial charge in [0.15, 0.2) is 6.61 Å². The summed E-state index contributed by atoms with van der Waals surface area (Å²) >= 11 is 0. The van der Waals surface area contributed by atoms with Crippen LogP contribution in [0, 0.1) is 0 Å². The zero-order chi connectivity index (χ0) is 16.0. The van der Waals surface area contributed by atoms with E-state index in [-0.39, 0.29) is 0 Å². The monoisotopic (exact) mass is 321 g/mol. The van der Waals surface area contributed by atoms with Gasteiger partial charge in [0.05, 0.1) is 19.6 Å². The lowest BCUT2D eigenvalue weighted by Crippen LogP contribution is -2.51. The highest BCUT2D eigenvalue weighted by Gasteiger charge is 2.28. The molecule has 0 saturated carbocycles. The number of quaternary nitrogens is 1. The maximum atomic E-state index is 11.5. The molecule has 1 atom stereocenters. The molecule has 0 bridgehead atoms. The predicted octanol–water partition coefficient (Wildman–Crippen LogP) is 4.91. The van der Waals surface area contributed by atoms with Crippen molar-refractivity contribution in [2.45, 2.75) is 66.2 Å². The zero-order valence-corrected chi connectivity index (χ0v) is 15.5. The summed E-state index contributed by atoms with van der Waals surface area (Å²) in [4.78, 5) is 0. The fourth-order valence-corrected chi connectivity index (χ4v) is 3.12. The van der Waals surface area contributed by atoms with Crippen LogP contribution in [0.25, 0.3) is 0 Å². The van der Waals surface area contributed by atoms with Crippen LogP contribution in [-0.2, 0) is 13.6 Å². The third-order valence-corrected chi connectivity index (χ3v) is 4.82. The molecule has 5 heteroatoms. The van der Waals surface area contributed by atoms with Crippen LogP contribution in [0.4, 0.5) is 0 Å². The van der Waals surface area contributed by atoms with Gasteiger partial charge in [0.25, 0.3) is 0 Å². The van der Waals surface area contributed by atoms with Crippen molar-refractivity contribution in [1.82, 2.24) is 0 Å². The zero-order valence-electron chi connectivity index (χ0n) is 14.6. The molecule has 0 saturated heterocycles. The van der Waals surface area contributed by atoms with Crippen LogP contribution in [0.1, 0.15) is 66.2 Å². The van der Waals surface area contributed by atoms with E-state index in [1.54, 1.807) is 0 Å². The Hall–Kier alpha value is -0.0200. The second kappa shape index (κ2) is 13.6. The van der Waals surface area contributed by atoms with Gasteiger partial charge >= 0.3 is 8.25 Å². The SMILES string of the molecule is CCCC[N+](CCCC)(CCCC)CCO[P+](=O)OCC. The molecule has 4 nitrogen and oxygen atoms in total. The molecule has 0 rings (SSSR count). The van der Waals surface area contributed by atoms with E-state index in [0.29, 0.717) is 13.2 Å². The van der Waals surface area contributed by atoms with E-state index in [1.165, 1.54) is 58.2 Å². The first kappa shape index (κ1) is 21.0. The molecular formula is C16H36NO3P+2. The average Bonchev–Trinajstić information content (AvgIpc) is 2.48. The molecule has 0 fully saturated rings. The number of nitrogens with zero attached hydrogens (tertiary/aromatic N) is 1. The lowest BCUT2D eigenvalue weighted by atomic mass is 10.1. The van der Waals surface area contributed by atoms with Gasteiger partial charge in [-0.3, -0.25) is 0 Å². The summed E-state index contributed by atoms with van der Waals surface area (Å²) in [6.07, 6.45) is 7.45. The van der Waals surface area contributed by atoms with Gasteiger partial charge in [0.1, 0.15) is 13.2 Å². The average molecular weight is 321 g/mol. The molecule has 0 aliphatic rings. The molecule has 0 N–H and O–H groups in total. The van der Waals surface area contributed by atoms with Crippen LogP contribution in [0.15, 0.2) is 0 Å². The molecule has 21 heavy (non-hydrogen) atoms. The highest BCUT2D eigenvalue weighted by Crippen LogP contribution is 2.24. The Morgan fingerprint density at radius 3 is 1.62 bits per heavy atom. The van der Waals surface area contributed by atoms with E-state index in [0.717, 1.165) is 11.0 Å². The van der Waals surface area contributed by atoms with Crippen molar-refractivity contribution >= 4 is 8.25 Å². The molecule has 0 aromatic rings. The van der Waals surface area contributed by atoms with Crippen LogP contribution in [-0.4, -0.2) is 43.9 Å². The van der Waals surface area contributed by atoms with Crippen LogP contribution >= 0.6 is 8.25 Å². The lowest BCUT2D eigenvalue weighted by molar-refractivity contribution is -0.928. The van der Waals surface area contributed by atoms with Gasteiger partial charge < -0.3 is 4.48 Å². The van der Waals surface area contributed by atoms with Crippen LogP contribution in [0.3, 0.4) is 0 Å². The van der Waals surface area contributed by atoms with Crippen LogP contribution < -0.4 is 0 Å². The normalized spacial score (nSPS) is 12.7. The fourth-order valence-electron chi connectivity index (χ4n) is 2.60. The summed E-state index contributed by atoms with van der Waals surface area (Å²) in [7, 11) is -1.93. The Kier molecular flexibility index (Phi) is 13.6. The lowest BCUT2D eigenvalue weighted by Gasteiger charge is -2.38. The maximum Gasteiger partial charge on any atom is 0.697 e. The smallest absolute Gasteiger partial charge is 0.322 e. The predicted molar refractivity (Wildman–Crippen MR) is 89.6 cm³/mol. The van der Waals surface area contributed by atoms with Gasteiger partial charge in [0.2, 0.25) is 0 Å². The molecule has 0 aromatic carbocycles. The highest BCUT2D eigenvalue weighted by molar-refractivity contribution is 7.33. The summed E-state index contributed by atoms with van der Waals surface area (Å²) in [6.45, 7) is 14.1. The molecule has 0 aromatic heterocycles. The van der Waals surface area contributed by atoms with Gasteiger partial charge in [-0.2, -0.15) is 0 Å². The number of hydrogen-bond donors (Lipinski definition) is 0. The first-order chi connectivity index (χ1) is 10.1. The number of unbranched alkanes of at least 4 members (excludes halogenated alkanes) is 3. The van der Waals surface area contributed by atoms with Gasteiger partial charge in [-0.1, -0.05) is 40.0 Å². The third-order valence-electron chi connectivity index (χ3n) is 3.95. The maximum absolute atomic E-state index is 11.5. The number of rotatable bonds is 15. The van der Waals surface area contributed by atoms with Crippen LogP contribution in [0.5, 0.6) is 0 Å². The van der Waals surface area contributed by atoms with E-state index in [4.69, 9.17) is 9.05 Å². The first-order valence-electron chi connectivity index (χ1n) is 8.72. The second-order valence-electron chi connectivity index (χ2n) is 5.77. The van der Waals surface area contributed by atoms with E-state index < -0.39 is 8.25 Å². The van der Waals surface area contributed by atoms with Crippen molar-refractivity contribution in [3.8, 4) is 0 Å². The molecule has 0 aliphatic carbocycles. The minimum atomic E-state index is -1.93. The van der Waals surface area contributed by atoms with E-state index in [1.807, 2.05) is 6.92 Å². The van der Waals surface area contributed by atoms with Gasteiger partial charge in [-0.25, -0.2) is 0 Å². The molecule has 1 unspecified atom stereocenters. The molecule has 0 spiro atoms. The molecular weight excluding hydrogens is 285 g/mol. The Labute approximate surface area is 132 Å². The highest BCUT2D eigenvalue weighted by atomic mass is 31.1. The van der Waals surface area contributed by atoms with Crippen molar-refractivity contribution in [2.75, 3.05) is 39.4 Å². The molecule has 126 valence electrons. The Morgan fingerprint density at radius 1 is 0.762 bits per heavy atom. The van der Waals surface area contributed by atoms with Crippen molar-refractivity contribution in [3.05, 3.63) is 0 Å². The molecule has 0 aliphatic heterocycles. The molecule has 0 amide bonds. The van der Waals surface area contributed by atoms with Gasteiger partial charge in [0, 0.05) is 4.57 Å². The quantitative estimate of drug-likeness (QED) is 0.317. The van der Waals surface area contributed by atoms with Crippen molar-refractivity contribution in [3.63, 3.8) is 0 Å². The minimum Gasteiger partial charge on any atom is -0.322 e. The minimum absolute atomic E-state index is 0.441. The Balaban J connectivity index is 4.51.